The van der Waals surface area contributed by atoms with Gasteiger partial charge in [-0.15, -0.1) is 23.3 Å². The van der Waals surface area contributed by atoms with Crippen LogP contribution in [0.1, 0.15) is 11.1 Å². The fraction of sp³-hybridized carbons (Fsp3) is 0.0182. The van der Waals surface area contributed by atoms with Crippen molar-refractivity contribution >= 4 is 80.4 Å². The summed E-state index contributed by atoms with van der Waals surface area (Å²) in [6.07, 6.45) is 18.5. The Bertz CT molecular complexity index is 2770. The molecular weight excluding hydrogens is 966 g/mol. The molecule has 2 nitrogen and oxygen atoms in total. The van der Waals surface area contributed by atoms with Crippen molar-refractivity contribution in [3.63, 3.8) is 0 Å². The van der Waals surface area contributed by atoms with E-state index in [-0.39, 0.29) is 44.8 Å². The van der Waals surface area contributed by atoms with E-state index in [2.05, 4.69) is 133 Å². The van der Waals surface area contributed by atoms with Gasteiger partial charge in [0.2, 0.25) is 0 Å². The van der Waals surface area contributed by atoms with Crippen molar-refractivity contribution in [2.75, 3.05) is 5.90 Å². The van der Waals surface area contributed by atoms with Crippen LogP contribution in [0.2, 0.25) is 0 Å². The fourth-order valence-electron chi connectivity index (χ4n) is 7.53. The molecule has 0 radical (unpaired) electrons. The Morgan fingerprint density at radius 2 is 0.689 bits per heavy atom. The Balaban J connectivity index is 0.000000159. The molecule has 10 aromatic rings. The molecule has 2 atom stereocenters. The maximum absolute atomic E-state index is 7.35. The molecule has 2 aromatic heterocycles. The summed E-state index contributed by atoms with van der Waals surface area (Å²) in [5.74, 6) is 6.15. The number of pyridine rings is 2. The molecule has 0 fully saturated rings. The molecule has 2 unspecified atom stereocenters. The third-order valence-corrected chi connectivity index (χ3v) is 17.1. The molecule has 6 heteroatoms. The van der Waals surface area contributed by atoms with E-state index in [1.165, 1.54) is 43.0 Å². The fourth-order valence-corrected chi connectivity index (χ4v) is 14.9. The summed E-state index contributed by atoms with van der Waals surface area (Å²) < 4.78 is 0. The van der Waals surface area contributed by atoms with Crippen LogP contribution in [0.25, 0.3) is 43.1 Å². The first-order chi connectivity index (χ1) is 29.2. The monoisotopic (exact) mass is 1000 g/mol. The summed E-state index contributed by atoms with van der Waals surface area (Å²) in [6, 6.07) is 71.2. The molecule has 0 spiro atoms. The van der Waals surface area contributed by atoms with Crippen LogP contribution in [0.3, 0.4) is 0 Å². The van der Waals surface area contributed by atoms with Crippen molar-refractivity contribution < 1.29 is 44.8 Å². The maximum atomic E-state index is 7.35. The molecule has 0 aliphatic heterocycles. The smallest absolute Gasteiger partial charge is 0.366 e. The van der Waals surface area contributed by atoms with Gasteiger partial charge in [0.25, 0.3) is 0 Å². The molecule has 0 bridgehead atoms. The van der Waals surface area contributed by atoms with E-state index >= 15 is 0 Å². The van der Waals surface area contributed by atoms with Gasteiger partial charge in [-0.2, -0.15) is 0 Å². The first-order valence-electron chi connectivity index (χ1n) is 19.5. The topological polar surface area (TPSA) is 25.8 Å². The average Bonchev–Trinajstić information content (AvgIpc) is 3.33. The first kappa shape index (κ1) is 45.1. The largest absolute Gasteiger partial charge is 1.00 e. The van der Waals surface area contributed by atoms with Crippen LogP contribution in [0, 0.1) is 24.7 Å². The van der Waals surface area contributed by atoms with E-state index < -0.39 is 15.8 Å². The number of hydrogen-bond donors (Lipinski definition) is 0. The normalized spacial score (nSPS) is 11.2. The summed E-state index contributed by atoms with van der Waals surface area (Å²) in [5.41, 5.74) is 4.16. The van der Waals surface area contributed by atoms with E-state index in [1.807, 2.05) is 97.3 Å². The SMILES string of the molecule is [Ag+].[Ag+].[C-]#Cc1cc2ccccc2c2ccccc12.[C-]#Cc1cc2ccccc2c2ccccc12.c1ccc([PH+](C[PH+](c2ccccc2)c2ccccn2)c2ccccn2)cc1. The second-order valence-electron chi connectivity index (χ2n) is 13.9. The average molecular weight is 1010 g/mol. The number of benzene rings is 8. The number of rotatable bonds is 6. The van der Waals surface area contributed by atoms with Gasteiger partial charge < -0.3 is 12.8 Å². The molecule has 0 saturated heterocycles. The molecule has 0 aliphatic carbocycles. The summed E-state index contributed by atoms with van der Waals surface area (Å²) in [5, 5.41) is 12.2. The molecule has 0 amide bonds. The molecule has 300 valence electrons. The van der Waals surface area contributed by atoms with Crippen molar-refractivity contribution in [3.8, 4) is 11.8 Å². The predicted molar refractivity (Wildman–Crippen MR) is 257 cm³/mol. The third-order valence-electron chi connectivity index (χ3n) is 10.4. The zero-order chi connectivity index (χ0) is 40.2. The Labute approximate surface area is 392 Å². The summed E-state index contributed by atoms with van der Waals surface area (Å²) in [7, 11) is -2.00. The van der Waals surface area contributed by atoms with Crippen LogP contribution in [0.4, 0.5) is 0 Å². The van der Waals surface area contributed by atoms with Crippen molar-refractivity contribution in [3.05, 3.63) is 243 Å². The molecule has 61 heavy (non-hydrogen) atoms. The summed E-state index contributed by atoms with van der Waals surface area (Å²) >= 11 is 0. The van der Waals surface area contributed by atoms with Gasteiger partial charge in [0.05, 0.1) is 0 Å². The Hall–Kier alpha value is -5.44. The minimum absolute atomic E-state index is 0. The zero-order valence-corrected chi connectivity index (χ0v) is 38.0. The molecule has 8 aromatic carbocycles. The standard InChI is InChI=1S/C23H20N2P2.2C16H9.2Ag/c1-3-11-20(12-4-1)26(22-15-7-9-17-24-22)19-27(21-13-5-2-6-14-21)23-16-8-10-18-25-23;2*1-2-12-11-13-7-3-4-9-15(13)16-10-6-5-8-14(12)16;;/h1-18H,19H2;2*3-11H;;/q;2*-1;2*+1/p+2. The minimum atomic E-state index is -0.999. The van der Waals surface area contributed by atoms with Crippen molar-refractivity contribution in [1.82, 2.24) is 9.97 Å². The van der Waals surface area contributed by atoms with Gasteiger partial charge in [-0.25, -0.2) is 9.97 Å². The van der Waals surface area contributed by atoms with Crippen molar-refractivity contribution in [2.45, 2.75) is 0 Å². The van der Waals surface area contributed by atoms with Gasteiger partial charge in [0.15, 0.2) is 16.8 Å². The molecule has 10 rings (SSSR count). The Morgan fingerprint density at radius 3 is 1.05 bits per heavy atom. The minimum Gasteiger partial charge on any atom is -0.366 e. The third kappa shape index (κ3) is 10.7. The van der Waals surface area contributed by atoms with Gasteiger partial charge >= 0.3 is 44.8 Å². The van der Waals surface area contributed by atoms with Gasteiger partial charge in [-0.3, -0.25) is 11.8 Å². The van der Waals surface area contributed by atoms with Crippen molar-refractivity contribution in [2.24, 2.45) is 0 Å². The van der Waals surface area contributed by atoms with E-state index in [0.29, 0.717) is 0 Å². The molecule has 0 aliphatic rings. The van der Waals surface area contributed by atoms with Crippen LogP contribution in [0.15, 0.2) is 219 Å². The van der Waals surface area contributed by atoms with Crippen LogP contribution in [0.5, 0.6) is 0 Å². The summed E-state index contributed by atoms with van der Waals surface area (Å²) in [6.45, 7) is 0. The number of hydrogen-bond acceptors (Lipinski definition) is 2. The molecule has 0 N–H and O–H groups in total. The van der Waals surface area contributed by atoms with Gasteiger partial charge in [-0.1, -0.05) is 156 Å². The Morgan fingerprint density at radius 1 is 0.361 bits per heavy atom. The second kappa shape index (κ2) is 22.4. The maximum Gasteiger partial charge on any atom is 1.00 e. The van der Waals surface area contributed by atoms with E-state index in [4.69, 9.17) is 22.8 Å². The molecule has 2 heterocycles. The second-order valence-corrected chi connectivity index (χ2v) is 19.4. The summed E-state index contributed by atoms with van der Waals surface area (Å²) in [4.78, 5) is 9.47. The predicted octanol–water partition coefficient (Wildman–Crippen LogP) is 11.3. The van der Waals surface area contributed by atoms with Gasteiger partial charge in [0.1, 0.15) is 26.5 Å². The number of aromatic nitrogens is 2. The van der Waals surface area contributed by atoms with Crippen LogP contribution < -0.4 is 21.5 Å². The molecular formula is C55H40Ag2N2P2+2. The van der Waals surface area contributed by atoms with Gasteiger partial charge in [-0.05, 0) is 68.7 Å². The Kier molecular flexibility index (Phi) is 16.6. The van der Waals surface area contributed by atoms with Crippen LogP contribution in [-0.2, 0) is 44.8 Å². The van der Waals surface area contributed by atoms with Crippen molar-refractivity contribution in [1.29, 1.82) is 0 Å². The number of fused-ring (bicyclic) bond motifs is 6. The van der Waals surface area contributed by atoms with Gasteiger partial charge in [0, 0.05) is 24.5 Å². The van der Waals surface area contributed by atoms with E-state index in [1.54, 1.807) is 0 Å². The molecule has 0 saturated carbocycles. The van der Waals surface area contributed by atoms with E-state index in [0.717, 1.165) is 38.6 Å². The first-order valence-corrected chi connectivity index (χ1v) is 22.9. The van der Waals surface area contributed by atoms with Crippen LogP contribution in [-0.4, -0.2) is 15.9 Å². The number of nitrogens with zero attached hydrogens (tertiary/aromatic N) is 2. The zero-order valence-electron chi connectivity index (χ0n) is 33.0. The van der Waals surface area contributed by atoms with Crippen LogP contribution >= 0.6 is 15.8 Å². The van der Waals surface area contributed by atoms with E-state index in [9.17, 15) is 0 Å². The quantitative estimate of drug-likeness (QED) is 0.0545.